The Balaban J connectivity index is 2.55. The van der Waals surface area contributed by atoms with Gasteiger partial charge in [0, 0.05) is 6.54 Å². The number of urea groups is 1. The van der Waals surface area contributed by atoms with Gasteiger partial charge in [-0.15, -0.1) is 0 Å². The molecule has 0 aromatic heterocycles. The molecule has 5 nitrogen and oxygen atoms in total. The molecule has 1 rings (SSSR count). The Morgan fingerprint density at radius 2 is 2.06 bits per heavy atom. The second kappa shape index (κ2) is 6.86. The summed E-state index contributed by atoms with van der Waals surface area (Å²) in [4.78, 5) is 22.8. The van der Waals surface area contributed by atoms with Crippen LogP contribution in [0.2, 0.25) is 5.02 Å². The number of halogens is 1. The van der Waals surface area contributed by atoms with E-state index in [1.165, 1.54) is 6.92 Å². The van der Waals surface area contributed by atoms with Crippen LogP contribution in [0, 0.1) is 0 Å². The molecule has 0 bridgehead atoms. The van der Waals surface area contributed by atoms with E-state index in [0.717, 1.165) is 0 Å². The maximum atomic E-state index is 11.6. The molecular weight excluding hydrogens is 256 g/mol. The van der Waals surface area contributed by atoms with Crippen molar-refractivity contribution in [3.05, 3.63) is 29.3 Å². The van der Waals surface area contributed by atoms with Crippen molar-refractivity contribution in [3.63, 3.8) is 0 Å². The number of carbonyl (C=O) groups is 2. The third-order valence-electron chi connectivity index (χ3n) is 2.08. The van der Waals surface area contributed by atoms with Crippen molar-refractivity contribution in [2.75, 3.05) is 6.54 Å². The van der Waals surface area contributed by atoms with E-state index >= 15 is 0 Å². The summed E-state index contributed by atoms with van der Waals surface area (Å²) < 4.78 is 5.36. The van der Waals surface area contributed by atoms with Gasteiger partial charge in [0.05, 0.1) is 5.02 Å². The molecule has 98 valence electrons. The van der Waals surface area contributed by atoms with Gasteiger partial charge >= 0.3 is 6.03 Å². The van der Waals surface area contributed by atoms with Gasteiger partial charge in [0.25, 0.3) is 5.91 Å². The number of amides is 3. The predicted octanol–water partition coefficient (Wildman–Crippen LogP) is 1.95. The van der Waals surface area contributed by atoms with Gasteiger partial charge in [0.2, 0.25) is 0 Å². The van der Waals surface area contributed by atoms with E-state index in [2.05, 4.69) is 10.6 Å². The zero-order chi connectivity index (χ0) is 13.5. The van der Waals surface area contributed by atoms with Crippen LogP contribution < -0.4 is 15.4 Å². The zero-order valence-corrected chi connectivity index (χ0v) is 11.0. The molecule has 1 aromatic rings. The third-order valence-corrected chi connectivity index (χ3v) is 2.40. The van der Waals surface area contributed by atoms with Gasteiger partial charge < -0.3 is 10.1 Å². The molecule has 1 unspecified atom stereocenters. The first-order valence-corrected chi connectivity index (χ1v) is 5.92. The lowest BCUT2D eigenvalue weighted by molar-refractivity contribution is -0.126. The monoisotopic (exact) mass is 270 g/mol. The van der Waals surface area contributed by atoms with E-state index in [1.807, 2.05) is 0 Å². The molecule has 0 aliphatic carbocycles. The van der Waals surface area contributed by atoms with Crippen LogP contribution in [-0.4, -0.2) is 24.6 Å². The fourth-order valence-electron chi connectivity index (χ4n) is 1.20. The summed E-state index contributed by atoms with van der Waals surface area (Å²) >= 11 is 5.89. The number of hydrogen-bond donors (Lipinski definition) is 2. The molecule has 0 saturated heterocycles. The Labute approximate surface area is 110 Å². The number of rotatable bonds is 4. The van der Waals surface area contributed by atoms with Gasteiger partial charge in [-0.05, 0) is 26.0 Å². The van der Waals surface area contributed by atoms with E-state index in [9.17, 15) is 9.59 Å². The smallest absolute Gasteiger partial charge is 0.321 e. The standard InChI is InChI=1S/C12H15ClN2O3/c1-3-14-12(17)15-11(16)8(2)18-10-7-5-4-6-9(10)13/h4-8H,3H2,1-2H3,(H2,14,15,16,17). The zero-order valence-electron chi connectivity index (χ0n) is 10.2. The third kappa shape index (κ3) is 4.25. The van der Waals surface area contributed by atoms with E-state index in [0.29, 0.717) is 17.3 Å². The lowest BCUT2D eigenvalue weighted by Crippen LogP contribution is -2.45. The minimum atomic E-state index is -0.812. The average molecular weight is 271 g/mol. The van der Waals surface area contributed by atoms with Crippen molar-refractivity contribution in [1.82, 2.24) is 10.6 Å². The number of hydrogen-bond acceptors (Lipinski definition) is 3. The fourth-order valence-corrected chi connectivity index (χ4v) is 1.38. The predicted molar refractivity (Wildman–Crippen MR) is 68.8 cm³/mol. The second-order valence-corrected chi connectivity index (χ2v) is 3.95. The van der Waals surface area contributed by atoms with Crippen molar-refractivity contribution in [2.45, 2.75) is 20.0 Å². The van der Waals surface area contributed by atoms with Crippen molar-refractivity contribution >= 4 is 23.5 Å². The van der Waals surface area contributed by atoms with Gasteiger partial charge in [0.15, 0.2) is 6.10 Å². The van der Waals surface area contributed by atoms with Crippen LogP contribution in [0.3, 0.4) is 0 Å². The first kappa shape index (κ1) is 14.3. The van der Waals surface area contributed by atoms with Crippen LogP contribution in [0.4, 0.5) is 4.79 Å². The van der Waals surface area contributed by atoms with Crippen LogP contribution >= 0.6 is 11.6 Å². The van der Waals surface area contributed by atoms with E-state index < -0.39 is 18.0 Å². The lowest BCUT2D eigenvalue weighted by atomic mass is 10.3. The van der Waals surface area contributed by atoms with Crippen LogP contribution in [0.5, 0.6) is 5.75 Å². The topological polar surface area (TPSA) is 67.4 Å². The summed E-state index contributed by atoms with van der Waals surface area (Å²) in [5.74, 6) is -0.126. The normalized spacial score (nSPS) is 11.5. The molecule has 0 aliphatic heterocycles. The molecule has 2 N–H and O–H groups in total. The molecule has 18 heavy (non-hydrogen) atoms. The Morgan fingerprint density at radius 3 is 2.67 bits per heavy atom. The minimum Gasteiger partial charge on any atom is -0.479 e. The largest absolute Gasteiger partial charge is 0.479 e. The van der Waals surface area contributed by atoms with Gasteiger partial charge in [-0.1, -0.05) is 23.7 Å². The van der Waals surface area contributed by atoms with Gasteiger partial charge in [-0.25, -0.2) is 4.79 Å². The summed E-state index contributed by atoms with van der Waals surface area (Å²) in [7, 11) is 0. The summed E-state index contributed by atoms with van der Waals surface area (Å²) in [6.07, 6.45) is -0.812. The van der Waals surface area contributed by atoms with Gasteiger partial charge in [0.1, 0.15) is 5.75 Å². The molecule has 1 aromatic carbocycles. The molecule has 6 heteroatoms. The second-order valence-electron chi connectivity index (χ2n) is 3.54. The van der Waals surface area contributed by atoms with Crippen molar-refractivity contribution in [2.24, 2.45) is 0 Å². The summed E-state index contributed by atoms with van der Waals surface area (Å²) in [5, 5.41) is 5.03. The molecule has 0 heterocycles. The fraction of sp³-hybridized carbons (Fsp3) is 0.333. The first-order chi connectivity index (χ1) is 8.54. The van der Waals surface area contributed by atoms with Crippen LogP contribution in [0.15, 0.2) is 24.3 Å². The Hall–Kier alpha value is -1.75. The molecule has 0 spiro atoms. The maximum Gasteiger partial charge on any atom is 0.321 e. The highest BCUT2D eigenvalue weighted by atomic mass is 35.5. The molecule has 0 fully saturated rings. The number of nitrogens with one attached hydrogen (secondary N) is 2. The SMILES string of the molecule is CCNC(=O)NC(=O)C(C)Oc1ccccc1Cl. The lowest BCUT2D eigenvalue weighted by Gasteiger charge is -2.15. The number of imide groups is 1. The summed E-state index contributed by atoms with van der Waals surface area (Å²) in [5.41, 5.74) is 0. The number of carbonyl (C=O) groups excluding carboxylic acids is 2. The van der Waals surface area contributed by atoms with Gasteiger partial charge in [-0.2, -0.15) is 0 Å². The number of ether oxygens (including phenoxy) is 1. The Kier molecular flexibility index (Phi) is 5.45. The first-order valence-electron chi connectivity index (χ1n) is 5.54. The van der Waals surface area contributed by atoms with Gasteiger partial charge in [-0.3, -0.25) is 10.1 Å². The quantitative estimate of drug-likeness (QED) is 0.879. The molecule has 0 aliphatic rings. The van der Waals surface area contributed by atoms with Crippen LogP contribution in [-0.2, 0) is 4.79 Å². The highest BCUT2D eigenvalue weighted by molar-refractivity contribution is 6.32. The number of benzene rings is 1. The average Bonchev–Trinajstić information content (AvgIpc) is 2.32. The number of para-hydroxylation sites is 1. The van der Waals surface area contributed by atoms with Crippen molar-refractivity contribution < 1.29 is 14.3 Å². The molecular formula is C12H15ClN2O3. The highest BCUT2D eigenvalue weighted by Gasteiger charge is 2.17. The Morgan fingerprint density at radius 1 is 1.39 bits per heavy atom. The van der Waals surface area contributed by atoms with E-state index in [-0.39, 0.29) is 0 Å². The van der Waals surface area contributed by atoms with Crippen LogP contribution in [0.1, 0.15) is 13.8 Å². The molecule has 1 atom stereocenters. The van der Waals surface area contributed by atoms with Crippen molar-refractivity contribution in [3.8, 4) is 5.75 Å². The molecule has 3 amide bonds. The Bertz CT molecular complexity index is 437. The maximum absolute atomic E-state index is 11.6. The molecule has 0 saturated carbocycles. The summed E-state index contributed by atoms with van der Waals surface area (Å²) in [6.45, 7) is 3.74. The minimum absolute atomic E-state index is 0.401. The highest BCUT2D eigenvalue weighted by Crippen LogP contribution is 2.24. The summed E-state index contributed by atoms with van der Waals surface area (Å²) in [6, 6.07) is 6.27. The van der Waals surface area contributed by atoms with E-state index in [4.69, 9.17) is 16.3 Å². The van der Waals surface area contributed by atoms with Crippen molar-refractivity contribution in [1.29, 1.82) is 0 Å². The van der Waals surface area contributed by atoms with Crippen LogP contribution in [0.25, 0.3) is 0 Å². The molecule has 0 radical (unpaired) electrons. The van der Waals surface area contributed by atoms with E-state index in [1.54, 1.807) is 31.2 Å².